The van der Waals surface area contributed by atoms with E-state index >= 15 is 0 Å². The van der Waals surface area contributed by atoms with Gasteiger partial charge < -0.3 is 15.5 Å². The van der Waals surface area contributed by atoms with Crippen molar-refractivity contribution in [2.75, 3.05) is 41.7 Å². The van der Waals surface area contributed by atoms with Crippen LogP contribution in [0.2, 0.25) is 0 Å². The Morgan fingerprint density at radius 3 is 2.16 bits per heavy atom. The van der Waals surface area contributed by atoms with Gasteiger partial charge in [-0.05, 0) is 49.7 Å². The molecule has 4 rings (SSSR count). The van der Waals surface area contributed by atoms with Crippen molar-refractivity contribution >= 4 is 29.1 Å². The maximum absolute atomic E-state index is 13.0. The van der Waals surface area contributed by atoms with Gasteiger partial charge in [0.2, 0.25) is 5.82 Å². The summed E-state index contributed by atoms with van der Waals surface area (Å²) in [7, 11) is 0. The number of hydrogen-bond acceptors (Lipinski definition) is 6. The Labute approximate surface area is 189 Å². The van der Waals surface area contributed by atoms with E-state index in [1.54, 1.807) is 11.8 Å². The predicted octanol–water partition coefficient (Wildman–Crippen LogP) is 5.17. The van der Waals surface area contributed by atoms with Crippen molar-refractivity contribution in [3.63, 3.8) is 0 Å². The van der Waals surface area contributed by atoms with Crippen LogP contribution in [0.5, 0.6) is 0 Å². The number of rotatable bonds is 4. The van der Waals surface area contributed by atoms with E-state index in [1.165, 1.54) is 22.1 Å². The minimum absolute atomic E-state index is 0.179. The van der Waals surface area contributed by atoms with Gasteiger partial charge in [0.15, 0.2) is 0 Å². The van der Waals surface area contributed by atoms with Crippen LogP contribution in [0.1, 0.15) is 17.0 Å². The molecule has 1 aromatic heterocycles. The average Bonchev–Trinajstić information content (AvgIpc) is 2.75. The Morgan fingerprint density at radius 1 is 0.875 bits per heavy atom. The molecule has 0 spiro atoms. The number of nitrogens with two attached hydrogens (primary N) is 1. The zero-order valence-corrected chi connectivity index (χ0v) is 18.7. The minimum Gasteiger partial charge on any atom is -0.384 e. The van der Waals surface area contributed by atoms with Crippen molar-refractivity contribution in [3.8, 4) is 0 Å². The lowest BCUT2D eigenvalue weighted by Crippen LogP contribution is -2.47. The Morgan fingerprint density at radius 2 is 1.53 bits per heavy atom. The first-order valence-corrected chi connectivity index (χ1v) is 11.1. The Bertz CT molecular complexity index is 1090. The molecule has 1 aliphatic heterocycles. The van der Waals surface area contributed by atoms with E-state index in [0.29, 0.717) is 26.2 Å². The molecule has 0 unspecified atom stereocenters. The molecule has 0 bridgehead atoms. The number of piperazine rings is 1. The quantitative estimate of drug-likeness (QED) is 0.581. The molecule has 0 atom stereocenters. The van der Waals surface area contributed by atoms with Gasteiger partial charge in [-0.25, -0.2) is 9.97 Å². The summed E-state index contributed by atoms with van der Waals surface area (Å²) in [4.78, 5) is 13.4. The first-order valence-electron chi connectivity index (χ1n) is 10.3. The van der Waals surface area contributed by atoms with Crippen LogP contribution in [0.3, 0.4) is 0 Å². The van der Waals surface area contributed by atoms with E-state index in [2.05, 4.69) is 71.2 Å². The van der Waals surface area contributed by atoms with Crippen LogP contribution < -0.4 is 15.5 Å². The monoisotopic (exact) mass is 459 g/mol. The van der Waals surface area contributed by atoms with E-state index in [1.807, 2.05) is 4.90 Å². The third-order valence-corrected chi connectivity index (χ3v) is 6.54. The number of anilines is 3. The number of halogens is 3. The second-order valence-electron chi connectivity index (χ2n) is 7.81. The fourth-order valence-corrected chi connectivity index (χ4v) is 4.58. The van der Waals surface area contributed by atoms with Crippen LogP contribution >= 0.6 is 11.8 Å². The average molecular weight is 460 g/mol. The molecule has 5 nitrogen and oxygen atoms in total. The lowest BCUT2D eigenvalue weighted by Gasteiger charge is -2.37. The van der Waals surface area contributed by atoms with Crippen molar-refractivity contribution in [1.29, 1.82) is 0 Å². The highest BCUT2D eigenvalue weighted by Crippen LogP contribution is 2.33. The zero-order chi connectivity index (χ0) is 22.9. The van der Waals surface area contributed by atoms with E-state index in [-0.39, 0.29) is 11.6 Å². The van der Waals surface area contributed by atoms with Gasteiger partial charge >= 0.3 is 6.18 Å². The van der Waals surface area contributed by atoms with E-state index in [0.717, 1.165) is 10.6 Å². The van der Waals surface area contributed by atoms with Crippen molar-refractivity contribution < 1.29 is 13.2 Å². The third kappa shape index (κ3) is 5.09. The largest absolute Gasteiger partial charge is 0.451 e. The molecular weight excluding hydrogens is 435 g/mol. The summed E-state index contributed by atoms with van der Waals surface area (Å²) in [5.74, 6) is -1.17. The van der Waals surface area contributed by atoms with Crippen LogP contribution in [-0.2, 0) is 6.18 Å². The summed E-state index contributed by atoms with van der Waals surface area (Å²) in [6.07, 6.45) is -4.62. The molecule has 32 heavy (non-hydrogen) atoms. The predicted molar refractivity (Wildman–Crippen MR) is 122 cm³/mol. The number of aryl methyl sites for hydroxylation is 2. The summed E-state index contributed by atoms with van der Waals surface area (Å²) >= 11 is 1.74. The summed E-state index contributed by atoms with van der Waals surface area (Å²) in [5, 5.41) is 0. The summed E-state index contributed by atoms with van der Waals surface area (Å²) in [6.45, 7) is 6.65. The van der Waals surface area contributed by atoms with Gasteiger partial charge in [0, 0.05) is 47.7 Å². The number of aromatic nitrogens is 2. The van der Waals surface area contributed by atoms with Crippen LogP contribution in [0.25, 0.3) is 0 Å². The van der Waals surface area contributed by atoms with Crippen molar-refractivity contribution in [3.05, 3.63) is 65.5 Å². The molecule has 1 aliphatic rings. The molecular formula is C23H24F3N5S. The second-order valence-corrected chi connectivity index (χ2v) is 8.93. The third-order valence-electron chi connectivity index (χ3n) is 5.35. The lowest BCUT2D eigenvalue weighted by atomic mass is 10.2. The highest BCUT2D eigenvalue weighted by Gasteiger charge is 2.36. The van der Waals surface area contributed by atoms with Gasteiger partial charge in [0.25, 0.3) is 0 Å². The second kappa shape index (κ2) is 8.90. The van der Waals surface area contributed by atoms with Crippen LogP contribution in [0.15, 0.2) is 58.3 Å². The fourth-order valence-electron chi connectivity index (χ4n) is 3.70. The van der Waals surface area contributed by atoms with Gasteiger partial charge in [-0.1, -0.05) is 29.5 Å². The Balaban J connectivity index is 1.40. The number of hydrogen-bond donors (Lipinski definition) is 1. The normalized spacial score (nSPS) is 14.7. The van der Waals surface area contributed by atoms with Crippen LogP contribution in [-0.4, -0.2) is 36.1 Å². The van der Waals surface area contributed by atoms with E-state index in [4.69, 9.17) is 5.73 Å². The SMILES string of the molecule is Cc1ccc(Sc2ccc(N3CCN(c4cc(N)nc(C(F)(F)F)n4)CC3)cc2)c(C)c1. The molecule has 1 fully saturated rings. The van der Waals surface area contributed by atoms with E-state index < -0.39 is 12.0 Å². The molecule has 2 aromatic carbocycles. The molecule has 2 N–H and O–H groups in total. The van der Waals surface area contributed by atoms with Gasteiger partial charge in [-0.3, -0.25) is 0 Å². The van der Waals surface area contributed by atoms with Gasteiger partial charge in [0.1, 0.15) is 11.6 Å². The molecule has 3 aromatic rings. The maximum atomic E-state index is 13.0. The topological polar surface area (TPSA) is 58.3 Å². The smallest absolute Gasteiger partial charge is 0.384 e. The highest BCUT2D eigenvalue weighted by atomic mass is 32.2. The zero-order valence-electron chi connectivity index (χ0n) is 17.9. The molecule has 0 amide bonds. The molecule has 9 heteroatoms. The molecule has 0 radical (unpaired) electrons. The van der Waals surface area contributed by atoms with Gasteiger partial charge in [-0.15, -0.1) is 0 Å². The molecule has 0 aliphatic carbocycles. The van der Waals surface area contributed by atoms with Gasteiger partial charge in [-0.2, -0.15) is 13.2 Å². The molecule has 2 heterocycles. The molecule has 1 saturated heterocycles. The summed E-state index contributed by atoms with van der Waals surface area (Å²) in [5.41, 5.74) is 9.18. The molecule has 0 saturated carbocycles. The number of nitrogens with zero attached hydrogens (tertiary/aromatic N) is 4. The van der Waals surface area contributed by atoms with Crippen LogP contribution in [0.4, 0.5) is 30.5 Å². The number of benzene rings is 2. The Kier molecular flexibility index (Phi) is 6.19. The highest BCUT2D eigenvalue weighted by molar-refractivity contribution is 7.99. The fraction of sp³-hybridized carbons (Fsp3) is 0.304. The van der Waals surface area contributed by atoms with Gasteiger partial charge in [0.05, 0.1) is 0 Å². The van der Waals surface area contributed by atoms with Crippen molar-refractivity contribution in [1.82, 2.24) is 9.97 Å². The van der Waals surface area contributed by atoms with Crippen molar-refractivity contribution in [2.24, 2.45) is 0 Å². The summed E-state index contributed by atoms with van der Waals surface area (Å²) < 4.78 is 39.0. The number of alkyl halides is 3. The first kappa shape index (κ1) is 22.3. The van der Waals surface area contributed by atoms with Crippen molar-refractivity contribution in [2.45, 2.75) is 29.8 Å². The minimum atomic E-state index is -4.62. The lowest BCUT2D eigenvalue weighted by molar-refractivity contribution is -0.144. The standard InChI is InChI=1S/C23H24F3N5S/c1-15-3-8-19(16(2)13-15)32-18-6-4-17(5-7-18)30-9-11-31(12-10-30)21-14-20(27)28-22(29-21)23(24,25)26/h3-8,13-14H,9-12H2,1-2H3,(H2,27,28,29). The Hall–Kier alpha value is -2.94. The molecule has 168 valence electrons. The summed E-state index contributed by atoms with van der Waals surface area (Å²) in [6, 6.07) is 16.2. The first-order chi connectivity index (χ1) is 15.2. The van der Waals surface area contributed by atoms with E-state index in [9.17, 15) is 13.2 Å². The van der Waals surface area contributed by atoms with Crippen LogP contribution in [0, 0.1) is 13.8 Å². The maximum Gasteiger partial charge on any atom is 0.451 e. The number of nitrogen functional groups attached to an aromatic ring is 1.